The molecule has 1 aromatic heterocycles. The van der Waals surface area contributed by atoms with Gasteiger partial charge in [0.25, 0.3) is 0 Å². The molecule has 0 radical (unpaired) electrons. The Morgan fingerprint density at radius 2 is 1.90 bits per heavy atom. The summed E-state index contributed by atoms with van der Waals surface area (Å²) in [7, 11) is 0. The van der Waals surface area contributed by atoms with Crippen molar-refractivity contribution in [3.8, 4) is 11.1 Å². The number of aliphatic imine (C=N–C) groups is 1. The number of carbonyl (C=O) groups excluding carboxylic acids is 1. The number of carbonyl (C=O) groups is 1. The van der Waals surface area contributed by atoms with Crippen LogP contribution in [0.5, 0.6) is 0 Å². The highest BCUT2D eigenvalue weighted by Crippen LogP contribution is 2.32. The number of amidine groups is 1. The first-order chi connectivity index (χ1) is 14.0. The average molecular weight is 393 g/mol. The van der Waals surface area contributed by atoms with E-state index in [2.05, 4.69) is 23.8 Å². The molecule has 152 valence electrons. The molecule has 29 heavy (non-hydrogen) atoms. The smallest absolute Gasteiger partial charge is 0.250 e. The van der Waals surface area contributed by atoms with Gasteiger partial charge in [0, 0.05) is 48.6 Å². The molecule has 0 unspecified atom stereocenters. The summed E-state index contributed by atoms with van der Waals surface area (Å²) in [6, 6.07) is 7.77. The molecule has 0 aliphatic carbocycles. The average Bonchev–Trinajstić information content (AvgIpc) is 2.90. The summed E-state index contributed by atoms with van der Waals surface area (Å²) < 4.78 is 0. The van der Waals surface area contributed by atoms with Crippen molar-refractivity contribution < 1.29 is 9.90 Å². The third-order valence-corrected chi connectivity index (χ3v) is 4.86. The van der Waals surface area contributed by atoms with Gasteiger partial charge in [-0.05, 0) is 42.2 Å². The zero-order chi connectivity index (χ0) is 20.8. The third-order valence-electron chi connectivity index (χ3n) is 4.86. The van der Waals surface area contributed by atoms with Crippen LogP contribution >= 0.6 is 0 Å². The van der Waals surface area contributed by atoms with Gasteiger partial charge in [-0.25, -0.2) is 4.99 Å². The maximum atomic E-state index is 13.1. The Morgan fingerprint density at radius 1 is 1.14 bits per heavy atom. The van der Waals surface area contributed by atoms with Gasteiger partial charge in [-0.3, -0.25) is 9.78 Å². The normalized spacial score (nSPS) is 13.2. The fourth-order valence-corrected chi connectivity index (χ4v) is 3.50. The summed E-state index contributed by atoms with van der Waals surface area (Å²) in [6.07, 6.45) is 7.48. The SMILES string of the molecule is CCCN(CCC)C(=O)C1=Cc2ccc(-c3cncc(CO)c3)cc2N=C(N)C1. The number of fused-ring (bicyclic) bond motifs is 1. The van der Waals surface area contributed by atoms with Crippen molar-refractivity contribution in [1.29, 1.82) is 0 Å². The van der Waals surface area contributed by atoms with Gasteiger partial charge >= 0.3 is 0 Å². The summed E-state index contributed by atoms with van der Waals surface area (Å²) >= 11 is 0. The molecule has 1 aliphatic rings. The van der Waals surface area contributed by atoms with Crippen molar-refractivity contribution in [2.75, 3.05) is 13.1 Å². The highest BCUT2D eigenvalue weighted by Gasteiger charge is 2.21. The van der Waals surface area contributed by atoms with E-state index < -0.39 is 0 Å². The van der Waals surface area contributed by atoms with E-state index in [1.807, 2.05) is 35.2 Å². The van der Waals surface area contributed by atoms with E-state index in [0.29, 0.717) is 17.8 Å². The summed E-state index contributed by atoms with van der Waals surface area (Å²) in [6.45, 7) is 5.56. The lowest BCUT2D eigenvalue weighted by atomic mass is 10.0. The van der Waals surface area contributed by atoms with Crippen molar-refractivity contribution in [3.05, 3.63) is 53.4 Å². The van der Waals surface area contributed by atoms with Crippen LogP contribution in [0.3, 0.4) is 0 Å². The van der Waals surface area contributed by atoms with E-state index in [9.17, 15) is 9.90 Å². The molecule has 0 fully saturated rings. The lowest BCUT2D eigenvalue weighted by Gasteiger charge is -2.22. The summed E-state index contributed by atoms with van der Waals surface area (Å²) in [4.78, 5) is 23.7. The van der Waals surface area contributed by atoms with Gasteiger partial charge < -0.3 is 15.7 Å². The molecular formula is C23H28N4O2. The van der Waals surface area contributed by atoms with E-state index in [0.717, 1.165) is 53.9 Å². The predicted octanol–water partition coefficient (Wildman–Crippen LogP) is 3.67. The molecule has 0 saturated carbocycles. The lowest BCUT2D eigenvalue weighted by molar-refractivity contribution is -0.127. The fourth-order valence-electron chi connectivity index (χ4n) is 3.50. The Morgan fingerprint density at radius 3 is 2.59 bits per heavy atom. The Hall–Kier alpha value is -2.99. The highest BCUT2D eigenvalue weighted by molar-refractivity contribution is 6.05. The number of hydrogen-bond acceptors (Lipinski definition) is 5. The highest BCUT2D eigenvalue weighted by atomic mass is 16.3. The molecule has 1 aliphatic heterocycles. The van der Waals surface area contributed by atoms with Gasteiger partial charge in [0.15, 0.2) is 0 Å². The minimum Gasteiger partial charge on any atom is -0.392 e. The van der Waals surface area contributed by atoms with Crippen LogP contribution < -0.4 is 5.73 Å². The molecular weight excluding hydrogens is 364 g/mol. The van der Waals surface area contributed by atoms with Crippen LogP contribution in [0.1, 0.15) is 44.2 Å². The summed E-state index contributed by atoms with van der Waals surface area (Å²) in [5, 5.41) is 9.35. The molecule has 1 aromatic carbocycles. The molecule has 3 N–H and O–H groups in total. The third kappa shape index (κ3) is 4.90. The predicted molar refractivity (Wildman–Crippen MR) is 117 cm³/mol. The Balaban J connectivity index is 1.97. The number of nitrogens with zero attached hydrogens (tertiary/aromatic N) is 3. The fraction of sp³-hybridized carbons (Fsp3) is 0.348. The monoisotopic (exact) mass is 392 g/mol. The van der Waals surface area contributed by atoms with E-state index in [-0.39, 0.29) is 12.5 Å². The Bertz CT molecular complexity index is 944. The molecule has 0 saturated heterocycles. The lowest BCUT2D eigenvalue weighted by Crippen LogP contribution is -2.34. The molecule has 6 nitrogen and oxygen atoms in total. The number of pyridine rings is 1. The van der Waals surface area contributed by atoms with E-state index in [4.69, 9.17) is 5.73 Å². The van der Waals surface area contributed by atoms with Gasteiger partial charge in [-0.15, -0.1) is 0 Å². The Labute approximate surface area is 171 Å². The van der Waals surface area contributed by atoms with Gasteiger partial charge in [0.05, 0.1) is 12.3 Å². The number of amides is 1. The molecule has 1 amide bonds. The van der Waals surface area contributed by atoms with Crippen molar-refractivity contribution in [2.24, 2.45) is 10.7 Å². The van der Waals surface area contributed by atoms with Crippen LogP contribution in [0.4, 0.5) is 5.69 Å². The summed E-state index contributed by atoms with van der Waals surface area (Å²) in [5.41, 5.74) is 11.0. The molecule has 2 heterocycles. The van der Waals surface area contributed by atoms with E-state index in [1.165, 1.54) is 0 Å². The van der Waals surface area contributed by atoms with Gasteiger partial charge in [-0.2, -0.15) is 0 Å². The second kappa shape index (κ2) is 9.47. The first kappa shape index (κ1) is 20.7. The van der Waals surface area contributed by atoms with Crippen LogP contribution in [0.25, 0.3) is 17.2 Å². The van der Waals surface area contributed by atoms with E-state index >= 15 is 0 Å². The van der Waals surface area contributed by atoms with Crippen LogP contribution in [0.15, 0.2) is 47.2 Å². The second-order valence-corrected chi connectivity index (χ2v) is 7.26. The van der Waals surface area contributed by atoms with Gasteiger partial charge in [0.2, 0.25) is 5.91 Å². The van der Waals surface area contributed by atoms with Crippen LogP contribution in [-0.4, -0.2) is 39.8 Å². The maximum Gasteiger partial charge on any atom is 0.250 e. The first-order valence-electron chi connectivity index (χ1n) is 10.1. The number of benzene rings is 1. The first-order valence-corrected chi connectivity index (χ1v) is 10.1. The van der Waals surface area contributed by atoms with Crippen LogP contribution in [-0.2, 0) is 11.4 Å². The van der Waals surface area contributed by atoms with Crippen molar-refractivity contribution >= 4 is 23.5 Å². The van der Waals surface area contributed by atoms with Crippen molar-refractivity contribution in [1.82, 2.24) is 9.88 Å². The zero-order valence-electron chi connectivity index (χ0n) is 17.1. The van der Waals surface area contributed by atoms with Crippen LogP contribution in [0.2, 0.25) is 0 Å². The molecule has 0 spiro atoms. The molecule has 2 aromatic rings. The summed E-state index contributed by atoms with van der Waals surface area (Å²) in [5.74, 6) is 0.458. The largest absolute Gasteiger partial charge is 0.392 e. The van der Waals surface area contributed by atoms with Crippen molar-refractivity contribution in [3.63, 3.8) is 0 Å². The number of aliphatic hydroxyl groups excluding tert-OH is 1. The van der Waals surface area contributed by atoms with Gasteiger partial charge in [-0.1, -0.05) is 26.0 Å². The molecule has 0 atom stereocenters. The number of aliphatic hydroxyl groups is 1. The van der Waals surface area contributed by atoms with E-state index in [1.54, 1.807) is 12.4 Å². The minimum atomic E-state index is -0.0584. The van der Waals surface area contributed by atoms with Gasteiger partial charge in [0.1, 0.15) is 5.84 Å². The van der Waals surface area contributed by atoms with Crippen molar-refractivity contribution in [2.45, 2.75) is 39.7 Å². The second-order valence-electron chi connectivity index (χ2n) is 7.26. The number of nitrogens with two attached hydrogens (primary N) is 1. The standard InChI is InChI=1S/C23H28N4O2/c1-3-7-27(8-4-2)23(29)19-10-18-6-5-17(11-21(18)26-22(24)12-19)20-9-16(15-28)13-25-14-20/h5-6,9-11,13-14,28H,3-4,7-8,12,15H2,1-2H3,(H2,24,26). The number of rotatable bonds is 7. The molecule has 6 heteroatoms. The minimum absolute atomic E-state index is 0.0311. The number of aromatic nitrogens is 1. The zero-order valence-corrected chi connectivity index (χ0v) is 17.1. The topological polar surface area (TPSA) is 91.8 Å². The molecule has 3 rings (SSSR count). The quantitative estimate of drug-likeness (QED) is 0.752. The number of hydrogen-bond donors (Lipinski definition) is 2. The van der Waals surface area contributed by atoms with Crippen LogP contribution in [0, 0.1) is 0 Å². The molecule has 0 bridgehead atoms. The maximum absolute atomic E-state index is 13.1. The Kier molecular flexibility index (Phi) is 6.77.